The fourth-order valence-electron chi connectivity index (χ4n) is 3.72. The van der Waals surface area contributed by atoms with Crippen molar-refractivity contribution < 1.29 is 32.3 Å². The second kappa shape index (κ2) is 11.2. The van der Waals surface area contributed by atoms with Crippen molar-refractivity contribution in [1.82, 2.24) is 5.32 Å². The molecule has 0 aliphatic rings. The molecule has 37 heavy (non-hydrogen) atoms. The molecule has 1 heterocycles. The minimum absolute atomic E-state index is 0.00715. The summed E-state index contributed by atoms with van der Waals surface area (Å²) in [5.41, 5.74) is 1.56. The summed E-state index contributed by atoms with van der Waals surface area (Å²) in [7, 11) is -3.73. The van der Waals surface area contributed by atoms with E-state index in [0.717, 1.165) is 5.39 Å². The molecule has 3 aromatic carbocycles. The highest BCUT2D eigenvalue weighted by molar-refractivity contribution is 7.91. The highest BCUT2D eigenvalue weighted by Crippen LogP contribution is 2.23. The van der Waals surface area contributed by atoms with Gasteiger partial charge >= 0.3 is 5.97 Å². The predicted molar refractivity (Wildman–Crippen MR) is 139 cm³/mol. The third-order valence-electron chi connectivity index (χ3n) is 5.65. The lowest BCUT2D eigenvalue weighted by Gasteiger charge is -2.13. The highest BCUT2D eigenvalue weighted by Gasteiger charge is 2.18. The first-order chi connectivity index (χ1) is 17.7. The first kappa shape index (κ1) is 25.8. The quantitative estimate of drug-likeness (QED) is 0.245. The summed E-state index contributed by atoms with van der Waals surface area (Å²) >= 11 is 0. The Balaban J connectivity index is 1.25. The molecule has 1 amide bonds. The number of sulfone groups is 1. The second-order valence-electron chi connectivity index (χ2n) is 8.32. The number of fused-ring (bicyclic) bond motifs is 1. The predicted octanol–water partition coefficient (Wildman–Crippen LogP) is 4.48. The van der Waals surface area contributed by atoms with Crippen LogP contribution in [0.2, 0.25) is 0 Å². The highest BCUT2D eigenvalue weighted by atomic mass is 32.2. The molecule has 9 nitrogen and oxygen atoms in total. The van der Waals surface area contributed by atoms with Crippen molar-refractivity contribution >= 4 is 38.4 Å². The molecule has 0 spiro atoms. The third-order valence-corrected chi connectivity index (χ3v) is 7.16. The molecular weight excluding hydrogens is 496 g/mol. The van der Waals surface area contributed by atoms with Gasteiger partial charge in [-0.3, -0.25) is 4.79 Å². The van der Waals surface area contributed by atoms with Crippen LogP contribution in [0.1, 0.15) is 32.9 Å². The van der Waals surface area contributed by atoms with Crippen LogP contribution in [-0.4, -0.2) is 44.4 Å². The number of hydrogen-bond acceptors (Lipinski definition) is 7. The summed E-state index contributed by atoms with van der Waals surface area (Å²) < 4.78 is 36.7. The average Bonchev–Trinajstić information content (AvgIpc) is 3.32. The van der Waals surface area contributed by atoms with Gasteiger partial charge in [-0.25, -0.2) is 13.2 Å². The minimum Gasteiger partial charge on any atom is -0.494 e. The summed E-state index contributed by atoms with van der Waals surface area (Å²) in [4.78, 5) is 23.8. The number of aryl methyl sites for hydroxylation is 1. The molecule has 0 aliphatic carbocycles. The van der Waals surface area contributed by atoms with Crippen molar-refractivity contribution in [1.29, 1.82) is 0 Å². The van der Waals surface area contributed by atoms with Crippen molar-refractivity contribution in [3.8, 4) is 5.75 Å². The number of furan rings is 1. The maximum Gasteiger partial charge on any atom is 0.337 e. The topological polar surface area (TPSA) is 135 Å². The zero-order valence-electron chi connectivity index (χ0n) is 20.1. The number of carbonyl (C=O) groups excluding carboxylic acids is 1. The van der Waals surface area contributed by atoms with Crippen LogP contribution in [0.3, 0.4) is 0 Å². The molecule has 0 fully saturated rings. The van der Waals surface area contributed by atoms with E-state index in [1.807, 2.05) is 18.2 Å². The molecule has 0 unspecified atom stereocenters. The molecule has 0 aliphatic heterocycles. The summed E-state index contributed by atoms with van der Waals surface area (Å²) in [6, 6.07) is 19.8. The van der Waals surface area contributed by atoms with E-state index in [-0.39, 0.29) is 27.8 Å². The number of benzene rings is 3. The number of aromatic carboxylic acids is 1. The molecule has 0 radical (unpaired) electrons. The molecule has 0 bridgehead atoms. The van der Waals surface area contributed by atoms with Gasteiger partial charge < -0.3 is 24.9 Å². The average molecular weight is 523 g/mol. The van der Waals surface area contributed by atoms with Gasteiger partial charge in [0.05, 0.1) is 22.8 Å². The molecule has 10 heteroatoms. The minimum atomic E-state index is -3.73. The Morgan fingerprint density at radius 2 is 1.76 bits per heavy atom. The number of ether oxygens (including phenoxy) is 1. The number of rotatable bonds is 11. The summed E-state index contributed by atoms with van der Waals surface area (Å²) in [5.74, 6) is -1.17. The Labute approximate surface area is 214 Å². The standard InChI is InChI=1S/C27H26N2O7S/c1-18-6-4-8-22(27(31)32)25(18)29-17-37(33,34)21-12-10-20(11-13-21)35-15-5-14-28-26(30)24-16-19-7-2-3-9-23(19)36-24/h2-4,6-13,16,29H,5,14-15,17H2,1H3,(H,28,30)(H,31,32). The fraction of sp³-hybridized carbons (Fsp3) is 0.185. The van der Waals surface area contributed by atoms with E-state index in [2.05, 4.69) is 10.6 Å². The maximum atomic E-state index is 12.7. The molecule has 1 aromatic heterocycles. The van der Waals surface area contributed by atoms with Gasteiger partial charge in [0.1, 0.15) is 17.2 Å². The van der Waals surface area contributed by atoms with Gasteiger partial charge in [-0.1, -0.05) is 30.3 Å². The van der Waals surface area contributed by atoms with Crippen LogP contribution in [-0.2, 0) is 9.84 Å². The molecular formula is C27H26N2O7S. The van der Waals surface area contributed by atoms with Gasteiger partial charge in [0, 0.05) is 11.9 Å². The Hall–Kier alpha value is -4.31. The van der Waals surface area contributed by atoms with E-state index >= 15 is 0 Å². The molecule has 4 rings (SSSR count). The number of carboxylic acids is 1. The van der Waals surface area contributed by atoms with Gasteiger partial charge in [0.15, 0.2) is 15.6 Å². The monoisotopic (exact) mass is 522 g/mol. The zero-order chi connectivity index (χ0) is 26.4. The lowest BCUT2D eigenvalue weighted by atomic mass is 10.1. The van der Waals surface area contributed by atoms with E-state index in [9.17, 15) is 23.1 Å². The Kier molecular flexibility index (Phi) is 7.78. The van der Waals surface area contributed by atoms with Crippen molar-refractivity contribution in [2.24, 2.45) is 0 Å². The normalized spacial score (nSPS) is 11.3. The van der Waals surface area contributed by atoms with Crippen LogP contribution in [0.5, 0.6) is 5.75 Å². The Bertz CT molecular complexity index is 1490. The van der Waals surface area contributed by atoms with Crippen molar-refractivity contribution in [3.05, 3.63) is 89.7 Å². The molecule has 3 N–H and O–H groups in total. The summed E-state index contributed by atoms with van der Waals surface area (Å²) in [5, 5.41) is 15.7. The maximum absolute atomic E-state index is 12.7. The number of carboxylic acid groups (broad SMARTS) is 1. The van der Waals surface area contributed by atoms with E-state index in [4.69, 9.17) is 9.15 Å². The number of anilines is 1. The lowest BCUT2D eigenvalue weighted by Crippen LogP contribution is -2.25. The van der Waals surface area contributed by atoms with Crippen LogP contribution >= 0.6 is 0 Å². The van der Waals surface area contributed by atoms with Gasteiger partial charge in [0.2, 0.25) is 0 Å². The Morgan fingerprint density at radius 3 is 2.49 bits per heavy atom. The Morgan fingerprint density at radius 1 is 1.00 bits per heavy atom. The van der Waals surface area contributed by atoms with Gasteiger partial charge in [-0.05, 0) is 61.4 Å². The van der Waals surface area contributed by atoms with Crippen molar-refractivity contribution in [2.75, 3.05) is 24.3 Å². The van der Waals surface area contributed by atoms with Crippen molar-refractivity contribution in [3.63, 3.8) is 0 Å². The number of amides is 1. The van der Waals surface area contributed by atoms with E-state index in [1.165, 1.54) is 18.2 Å². The van der Waals surface area contributed by atoms with Crippen LogP contribution < -0.4 is 15.4 Å². The number of nitrogens with one attached hydrogen (secondary N) is 2. The zero-order valence-corrected chi connectivity index (χ0v) is 20.9. The molecule has 0 atom stereocenters. The van der Waals surface area contributed by atoms with Crippen LogP contribution in [0.25, 0.3) is 11.0 Å². The van der Waals surface area contributed by atoms with E-state index in [1.54, 1.807) is 43.3 Å². The lowest BCUT2D eigenvalue weighted by molar-refractivity contribution is 0.0697. The van der Waals surface area contributed by atoms with Crippen LogP contribution in [0.4, 0.5) is 5.69 Å². The smallest absolute Gasteiger partial charge is 0.337 e. The SMILES string of the molecule is Cc1cccc(C(=O)O)c1NCS(=O)(=O)c1ccc(OCCCNC(=O)c2cc3ccccc3o2)cc1. The van der Waals surface area contributed by atoms with Crippen LogP contribution in [0.15, 0.2) is 82.1 Å². The van der Waals surface area contributed by atoms with Crippen molar-refractivity contribution in [2.45, 2.75) is 18.2 Å². The number of carbonyl (C=O) groups is 2. The molecule has 0 saturated heterocycles. The number of hydrogen-bond donors (Lipinski definition) is 3. The molecule has 192 valence electrons. The fourth-order valence-corrected chi connectivity index (χ4v) is 4.77. The second-order valence-corrected chi connectivity index (χ2v) is 10.3. The van der Waals surface area contributed by atoms with Gasteiger partial charge in [-0.2, -0.15) is 0 Å². The number of para-hydroxylation sites is 2. The molecule has 4 aromatic rings. The summed E-state index contributed by atoms with van der Waals surface area (Å²) in [6.45, 7) is 2.41. The van der Waals surface area contributed by atoms with E-state index in [0.29, 0.717) is 36.5 Å². The first-order valence-corrected chi connectivity index (χ1v) is 13.2. The van der Waals surface area contributed by atoms with E-state index < -0.39 is 21.7 Å². The van der Waals surface area contributed by atoms with Gasteiger partial charge in [-0.15, -0.1) is 0 Å². The largest absolute Gasteiger partial charge is 0.494 e. The molecule has 0 saturated carbocycles. The van der Waals surface area contributed by atoms with Gasteiger partial charge in [0.25, 0.3) is 5.91 Å². The first-order valence-electron chi connectivity index (χ1n) is 11.5. The summed E-state index contributed by atoms with van der Waals surface area (Å²) in [6.07, 6.45) is 0.540. The third kappa shape index (κ3) is 6.28. The van der Waals surface area contributed by atoms with Crippen LogP contribution in [0, 0.1) is 6.92 Å².